The van der Waals surface area contributed by atoms with E-state index in [4.69, 9.17) is 4.74 Å². The maximum Gasteiger partial charge on any atom is 0.340 e. The first-order valence-corrected chi connectivity index (χ1v) is 12.2. The number of hydrogen-bond donors (Lipinski definition) is 5. The number of aromatic hydroxyl groups is 2. The van der Waals surface area contributed by atoms with Crippen molar-refractivity contribution in [1.82, 2.24) is 20.5 Å². The lowest BCUT2D eigenvalue weighted by Crippen LogP contribution is -2.41. The van der Waals surface area contributed by atoms with Gasteiger partial charge in [-0.05, 0) is 39.7 Å². The van der Waals surface area contributed by atoms with E-state index in [-0.39, 0.29) is 45.3 Å². The number of carbonyl (C=O) groups excluding carboxylic acids is 3. The minimum absolute atomic E-state index is 0.00881. The van der Waals surface area contributed by atoms with Crippen molar-refractivity contribution in [2.75, 3.05) is 0 Å². The van der Waals surface area contributed by atoms with Gasteiger partial charge in [-0.25, -0.2) is 9.89 Å². The normalized spacial score (nSPS) is 20.1. The minimum Gasteiger partial charge on any atom is -0.507 e. The monoisotopic (exact) mass is 530 g/mol. The number of fused-ring (bicyclic) bond motifs is 3. The van der Waals surface area contributed by atoms with E-state index in [1.54, 1.807) is 6.92 Å². The molecule has 3 aromatic rings. The number of H-pyrrole nitrogens is 2. The zero-order valence-corrected chi connectivity index (χ0v) is 21.6. The molecule has 2 atom stereocenters. The number of phenols is 2. The van der Waals surface area contributed by atoms with Crippen LogP contribution in [0.15, 0.2) is 58.2 Å². The molecule has 1 aliphatic carbocycles. The molecule has 0 bridgehead atoms. The maximum atomic E-state index is 14.1. The van der Waals surface area contributed by atoms with Crippen LogP contribution < -0.4 is 15.7 Å². The zero-order chi connectivity index (χ0) is 28.2. The van der Waals surface area contributed by atoms with Crippen LogP contribution in [-0.4, -0.2) is 42.7 Å². The Bertz CT molecular complexity index is 1680. The number of benzene rings is 2. The molecule has 1 aliphatic heterocycles. The summed E-state index contributed by atoms with van der Waals surface area (Å²) in [7, 11) is 0. The van der Waals surface area contributed by atoms with Crippen LogP contribution in [0, 0.1) is 6.92 Å². The molecule has 5 rings (SSSR count). The highest BCUT2D eigenvalue weighted by atomic mass is 16.5. The summed E-state index contributed by atoms with van der Waals surface area (Å²) in [6.07, 6.45) is 1.53. The predicted molar refractivity (Wildman–Crippen MR) is 139 cm³/mol. The van der Waals surface area contributed by atoms with Gasteiger partial charge in [0.05, 0.1) is 17.2 Å². The van der Waals surface area contributed by atoms with E-state index < -0.39 is 46.0 Å². The summed E-state index contributed by atoms with van der Waals surface area (Å²) in [4.78, 5) is 54.1. The van der Waals surface area contributed by atoms with Crippen molar-refractivity contribution < 1.29 is 29.3 Å². The van der Waals surface area contributed by atoms with Crippen LogP contribution in [-0.2, 0) is 21.4 Å². The second-order valence-corrected chi connectivity index (χ2v) is 9.84. The Hall–Kier alpha value is -4.93. The molecule has 0 spiro atoms. The van der Waals surface area contributed by atoms with Gasteiger partial charge in [-0.2, -0.15) is 5.10 Å². The second kappa shape index (κ2) is 9.12. The minimum atomic E-state index is -1.64. The second-order valence-electron chi connectivity index (χ2n) is 9.84. The van der Waals surface area contributed by atoms with Crippen molar-refractivity contribution in [1.29, 1.82) is 0 Å². The summed E-state index contributed by atoms with van der Waals surface area (Å²) in [5, 5.41) is 31.1. The van der Waals surface area contributed by atoms with Crippen LogP contribution in [0.1, 0.15) is 59.7 Å². The third-order valence-electron chi connectivity index (χ3n) is 7.28. The molecular weight excluding hydrogens is 504 g/mol. The molecule has 0 unspecified atom stereocenters. The Labute approximate surface area is 222 Å². The molecule has 0 saturated carbocycles. The first-order chi connectivity index (χ1) is 18.4. The molecule has 0 amide bonds. The summed E-state index contributed by atoms with van der Waals surface area (Å²) in [5.74, 6) is -2.59. The van der Waals surface area contributed by atoms with Crippen molar-refractivity contribution in [2.24, 2.45) is 0 Å². The lowest BCUT2D eigenvalue weighted by Gasteiger charge is -2.29. The Morgan fingerprint density at radius 3 is 2.44 bits per heavy atom. The molecule has 0 saturated heterocycles. The van der Waals surface area contributed by atoms with Gasteiger partial charge in [-0.1, -0.05) is 30.3 Å². The van der Waals surface area contributed by atoms with Gasteiger partial charge in [0.2, 0.25) is 0 Å². The fourth-order valence-corrected chi connectivity index (χ4v) is 5.21. The fraction of sp³-hybridized carbons (Fsp3) is 0.250. The summed E-state index contributed by atoms with van der Waals surface area (Å²) in [5.41, 5.74) is -1.33. The van der Waals surface area contributed by atoms with Gasteiger partial charge >= 0.3 is 5.69 Å². The van der Waals surface area contributed by atoms with Gasteiger partial charge in [0.15, 0.2) is 23.2 Å². The standard InChI is InChI=1S/C28H26N4O7/c1-12-22(35)20(14(3)33)24-21(23(12)36)28(4)18(39-24)11-17(34)19(25(28)37)13(2)29-16(26-30-27(38)32-31-26)10-15-8-6-5-7-9-15/h5-9,11,16,29,35-36H,10H2,1-4H3,(H2,30,31,32,38)/b19-13+/t16-,28+/m1/s1. The average Bonchev–Trinajstić information content (AvgIpc) is 3.44. The van der Waals surface area contributed by atoms with Crippen LogP contribution in [0.2, 0.25) is 0 Å². The molecule has 2 aromatic carbocycles. The van der Waals surface area contributed by atoms with E-state index in [0.717, 1.165) is 11.6 Å². The number of Topliss-reactive ketones (excluding diaryl/α,β-unsaturated/α-hetero) is 2. The molecule has 5 N–H and O–H groups in total. The number of nitrogens with one attached hydrogen (secondary N) is 3. The predicted octanol–water partition coefficient (Wildman–Crippen LogP) is 2.55. The molecule has 0 fully saturated rings. The summed E-state index contributed by atoms with van der Waals surface area (Å²) in [6.45, 7) is 5.71. The average molecular weight is 531 g/mol. The Morgan fingerprint density at radius 1 is 1.13 bits per heavy atom. The quantitative estimate of drug-likeness (QED) is 0.182. The number of allylic oxidation sites excluding steroid dienone is 4. The Kier molecular flexibility index (Phi) is 6.01. The number of ketones is 3. The number of hydrogen-bond acceptors (Lipinski definition) is 9. The molecular formula is C28H26N4O7. The first-order valence-electron chi connectivity index (χ1n) is 12.2. The molecule has 11 heteroatoms. The highest BCUT2D eigenvalue weighted by Gasteiger charge is 2.56. The van der Waals surface area contributed by atoms with Crippen LogP contribution in [0.5, 0.6) is 17.2 Å². The van der Waals surface area contributed by atoms with Crippen LogP contribution >= 0.6 is 0 Å². The van der Waals surface area contributed by atoms with Gasteiger partial charge in [0, 0.05) is 17.3 Å². The third kappa shape index (κ3) is 3.94. The number of rotatable bonds is 6. The zero-order valence-electron chi connectivity index (χ0n) is 21.6. The lowest BCUT2D eigenvalue weighted by atomic mass is 9.70. The molecule has 2 heterocycles. The molecule has 39 heavy (non-hydrogen) atoms. The Morgan fingerprint density at radius 2 is 1.82 bits per heavy atom. The van der Waals surface area contributed by atoms with Crippen LogP contribution in [0.4, 0.5) is 0 Å². The van der Waals surface area contributed by atoms with Gasteiger partial charge < -0.3 is 20.3 Å². The molecule has 1 aromatic heterocycles. The third-order valence-corrected chi connectivity index (χ3v) is 7.28. The SMILES string of the molecule is CC(=O)c1c(O)c(C)c(O)c2c1OC1=CC(=O)/C(=C(/C)N[C@H](Cc3ccccc3)c3n[nH]c(=O)[nH]3)C(=O)[C@@]12C. The first kappa shape index (κ1) is 25.7. The summed E-state index contributed by atoms with van der Waals surface area (Å²) < 4.78 is 5.81. The van der Waals surface area contributed by atoms with Crippen LogP contribution in [0.25, 0.3) is 0 Å². The van der Waals surface area contributed by atoms with E-state index >= 15 is 0 Å². The molecule has 200 valence electrons. The van der Waals surface area contributed by atoms with E-state index in [1.165, 1.54) is 20.8 Å². The molecule has 11 nitrogen and oxygen atoms in total. The van der Waals surface area contributed by atoms with E-state index in [0.29, 0.717) is 6.42 Å². The van der Waals surface area contributed by atoms with Crippen LogP contribution in [0.3, 0.4) is 0 Å². The van der Waals surface area contributed by atoms with E-state index in [9.17, 15) is 29.4 Å². The van der Waals surface area contributed by atoms with Crippen molar-refractivity contribution in [3.63, 3.8) is 0 Å². The van der Waals surface area contributed by atoms with E-state index in [2.05, 4.69) is 20.5 Å². The summed E-state index contributed by atoms with van der Waals surface area (Å²) in [6, 6.07) is 8.79. The largest absolute Gasteiger partial charge is 0.507 e. The van der Waals surface area contributed by atoms with Gasteiger partial charge in [0.1, 0.15) is 34.0 Å². The van der Waals surface area contributed by atoms with Crippen molar-refractivity contribution in [2.45, 2.75) is 45.6 Å². The van der Waals surface area contributed by atoms with Crippen molar-refractivity contribution in [3.05, 3.63) is 92.0 Å². The van der Waals surface area contributed by atoms with Crippen molar-refractivity contribution in [3.8, 4) is 17.2 Å². The number of aromatic nitrogens is 3. The van der Waals surface area contributed by atoms with Gasteiger partial charge in [-0.3, -0.25) is 19.4 Å². The van der Waals surface area contributed by atoms with Gasteiger partial charge in [-0.15, -0.1) is 0 Å². The van der Waals surface area contributed by atoms with E-state index in [1.807, 2.05) is 30.3 Å². The summed E-state index contributed by atoms with van der Waals surface area (Å²) >= 11 is 0. The highest BCUT2D eigenvalue weighted by molar-refractivity contribution is 6.31. The Balaban J connectivity index is 1.61. The number of nitrogens with zero attached hydrogens (tertiary/aromatic N) is 1. The fourth-order valence-electron chi connectivity index (χ4n) is 5.21. The van der Waals surface area contributed by atoms with Crippen molar-refractivity contribution >= 4 is 17.3 Å². The highest BCUT2D eigenvalue weighted by Crippen LogP contribution is 2.57. The maximum absolute atomic E-state index is 14.1. The molecule has 0 radical (unpaired) electrons. The lowest BCUT2D eigenvalue weighted by molar-refractivity contribution is -0.123. The number of carbonyl (C=O) groups is 3. The topological polar surface area (TPSA) is 174 Å². The smallest absolute Gasteiger partial charge is 0.340 e. The number of phenolic OH excluding ortho intramolecular Hbond substituents is 2. The molecule has 2 aliphatic rings. The number of ether oxygens (including phenoxy) is 1. The van der Waals surface area contributed by atoms with Gasteiger partial charge in [0.25, 0.3) is 0 Å². The number of aromatic amines is 2.